The van der Waals surface area contributed by atoms with Crippen LogP contribution < -0.4 is 14.8 Å². The summed E-state index contributed by atoms with van der Waals surface area (Å²) in [6, 6.07) is 5.94. The monoisotopic (exact) mass is 269 g/mol. The molecule has 0 fully saturated rings. The van der Waals surface area contributed by atoms with Crippen molar-refractivity contribution in [1.29, 1.82) is 0 Å². The summed E-state index contributed by atoms with van der Waals surface area (Å²) >= 11 is 0. The van der Waals surface area contributed by atoms with Crippen LogP contribution in [0.3, 0.4) is 0 Å². The van der Waals surface area contributed by atoms with E-state index in [0.29, 0.717) is 25.5 Å². The topological polar surface area (TPSA) is 47.6 Å². The van der Waals surface area contributed by atoms with E-state index in [1.165, 1.54) is 0 Å². The lowest BCUT2D eigenvalue weighted by Gasteiger charge is -2.12. The Labute approximate surface area is 110 Å². The zero-order valence-corrected chi connectivity index (χ0v) is 11.4. The van der Waals surface area contributed by atoms with Crippen LogP contribution in [0.2, 0.25) is 0 Å². The number of hydrogen-bond acceptors (Lipinski definition) is 4. The lowest BCUT2D eigenvalue weighted by Crippen LogP contribution is -2.20. The maximum absolute atomic E-state index is 11.0. The normalized spacial score (nSPS) is 16.1. The van der Waals surface area contributed by atoms with Crippen molar-refractivity contribution in [2.45, 2.75) is 13.0 Å². The average molecular weight is 269 g/mol. The maximum atomic E-state index is 11.0. The van der Waals surface area contributed by atoms with Crippen LogP contribution in [0.1, 0.15) is 12.0 Å². The molecule has 0 aliphatic carbocycles. The Morgan fingerprint density at radius 2 is 2.17 bits per heavy atom. The van der Waals surface area contributed by atoms with Gasteiger partial charge in [-0.15, -0.1) is 0 Å². The van der Waals surface area contributed by atoms with Gasteiger partial charge in [-0.2, -0.15) is 0 Å². The van der Waals surface area contributed by atoms with Crippen molar-refractivity contribution in [2.24, 2.45) is 0 Å². The van der Waals surface area contributed by atoms with Gasteiger partial charge in [-0.3, -0.25) is 4.21 Å². The maximum Gasteiger partial charge on any atom is 0.165 e. The molecule has 0 saturated carbocycles. The molecular formula is C13H19NO3S. The Kier molecular flexibility index (Phi) is 5.01. The van der Waals surface area contributed by atoms with Crippen LogP contribution >= 0.6 is 0 Å². The van der Waals surface area contributed by atoms with Gasteiger partial charge in [0.2, 0.25) is 0 Å². The highest BCUT2D eigenvalue weighted by molar-refractivity contribution is 7.84. The summed E-state index contributed by atoms with van der Waals surface area (Å²) in [4.78, 5) is 0. The molecule has 100 valence electrons. The number of rotatable bonds is 5. The lowest BCUT2D eigenvalue weighted by molar-refractivity contribution is 0.296. The molecule has 5 heteroatoms. The number of benzene rings is 1. The summed E-state index contributed by atoms with van der Waals surface area (Å²) in [7, 11) is -0.747. The fraction of sp³-hybridized carbons (Fsp3) is 0.538. The first-order valence-corrected chi connectivity index (χ1v) is 7.88. The molecule has 1 aliphatic rings. The summed E-state index contributed by atoms with van der Waals surface area (Å²) in [5.41, 5.74) is 1.09. The molecule has 1 aromatic carbocycles. The van der Waals surface area contributed by atoms with E-state index in [-0.39, 0.29) is 0 Å². The van der Waals surface area contributed by atoms with Crippen LogP contribution in [0.4, 0.5) is 0 Å². The van der Waals surface area contributed by atoms with Crippen molar-refractivity contribution in [2.75, 3.05) is 31.8 Å². The highest BCUT2D eigenvalue weighted by Gasteiger charge is 2.13. The summed E-state index contributed by atoms with van der Waals surface area (Å²) in [6.07, 6.45) is 2.63. The molecule has 1 aromatic rings. The second-order valence-corrected chi connectivity index (χ2v) is 5.80. The number of nitrogens with one attached hydrogen (secondary N) is 1. The molecule has 1 unspecified atom stereocenters. The van der Waals surface area contributed by atoms with Crippen LogP contribution in [0.25, 0.3) is 0 Å². The van der Waals surface area contributed by atoms with E-state index in [1.807, 2.05) is 18.2 Å². The van der Waals surface area contributed by atoms with Crippen molar-refractivity contribution in [1.82, 2.24) is 5.32 Å². The molecule has 1 aliphatic heterocycles. The largest absolute Gasteiger partial charge is 0.490 e. The van der Waals surface area contributed by atoms with E-state index < -0.39 is 10.8 Å². The molecule has 1 heterocycles. The number of hydrogen-bond donors (Lipinski definition) is 1. The van der Waals surface area contributed by atoms with Crippen LogP contribution in [0, 0.1) is 0 Å². The smallest absolute Gasteiger partial charge is 0.165 e. The van der Waals surface area contributed by atoms with E-state index in [0.717, 1.165) is 30.0 Å². The van der Waals surface area contributed by atoms with Crippen molar-refractivity contribution in [3.63, 3.8) is 0 Å². The standard InChI is InChI=1S/C13H19NO3S/c1-18(15)9-6-14-10-11-4-2-5-12-13(11)17-8-3-7-16-12/h2,4-5,14H,3,6-10H2,1H3. The van der Waals surface area contributed by atoms with Gasteiger partial charge in [-0.05, 0) is 6.07 Å². The first kappa shape index (κ1) is 13.4. The molecule has 4 nitrogen and oxygen atoms in total. The van der Waals surface area contributed by atoms with Gasteiger partial charge >= 0.3 is 0 Å². The Morgan fingerprint density at radius 1 is 1.33 bits per heavy atom. The molecule has 0 radical (unpaired) electrons. The second-order valence-electron chi connectivity index (χ2n) is 4.25. The molecule has 2 rings (SSSR count). The highest BCUT2D eigenvalue weighted by atomic mass is 32.2. The molecule has 0 aromatic heterocycles. The summed E-state index contributed by atoms with van der Waals surface area (Å²) in [5, 5.41) is 3.27. The van der Waals surface area contributed by atoms with Gasteiger partial charge in [-0.1, -0.05) is 12.1 Å². The number of para-hydroxylation sites is 1. The zero-order valence-electron chi connectivity index (χ0n) is 10.6. The van der Waals surface area contributed by atoms with E-state index in [2.05, 4.69) is 5.32 Å². The second kappa shape index (κ2) is 6.75. The van der Waals surface area contributed by atoms with E-state index >= 15 is 0 Å². The first-order valence-electron chi connectivity index (χ1n) is 6.15. The molecule has 1 N–H and O–H groups in total. The quantitative estimate of drug-likeness (QED) is 0.819. The van der Waals surface area contributed by atoms with Gasteiger partial charge in [0.15, 0.2) is 11.5 Å². The third kappa shape index (κ3) is 3.71. The van der Waals surface area contributed by atoms with Gasteiger partial charge in [0, 0.05) is 47.9 Å². The molecule has 0 spiro atoms. The first-order chi connectivity index (χ1) is 8.77. The van der Waals surface area contributed by atoms with Crippen LogP contribution in [-0.2, 0) is 17.3 Å². The van der Waals surface area contributed by atoms with Crippen molar-refractivity contribution in [3.05, 3.63) is 23.8 Å². The van der Waals surface area contributed by atoms with Crippen LogP contribution in [-0.4, -0.2) is 36.0 Å². The number of fused-ring (bicyclic) bond motifs is 1. The lowest BCUT2D eigenvalue weighted by atomic mass is 10.2. The van der Waals surface area contributed by atoms with Crippen LogP contribution in [0.15, 0.2) is 18.2 Å². The SMILES string of the molecule is CS(=O)CCNCc1cccc2c1OCCCO2. The number of ether oxygens (including phenoxy) is 2. The van der Waals surface area contributed by atoms with E-state index in [4.69, 9.17) is 9.47 Å². The molecule has 0 bridgehead atoms. The molecule has 18 heavy (non-hydrogen) atoms. The van der Waals surface area contributed by atoms with Gasteiger partial charge < -0.3 is 14.8 Å². The van der Waals surface area contributed by atoms with Crippen molar-refractivity contribution < 1.29 is 13.7 Å². The minimum Gasteiger partial charge on any atom is -0.490 e. The van der Waals surface area contributed by atoms with Gasteiger partial charge in [0.25, 0.3) is 0 Å². The van der Waals surface area contributed by atoms with Gasteiger partial charge in [0.05, 0.1) is 13.2 Å². The predicted molar refractivity (Wildman–Crippen MR) is 72.7 cm³/mol. The fourth-order valence-corrected chi connectivity index (χ4v) is 2.26. The molecule has 1 atom stereocenters. The summed E-state index contributed by atoms with van der Waals surface area (Å²) in [5.74, 6) is 2.35. The fourth-order valence-electron chi connectivity index (χ4n) is 1.83. The Hall–Kier alpha value is -1.07. The Morgan fingerprint density at radius 3 is 3.00 bits per heavy atom. The Bertz CT molecular complexity index is 423. The minimum atomic E-state index is -0.747. The minimum absolute atomic E-state index is 0.673. The Balaban J connectivity index is 1.97. The molecular weight excluding hydrogens is 250 g/mol. The van der Waals surface area contributed by atoms with E-state index in [9.17, 15) is 4.21 Å². The van der Waals surface area contributed by atoms with Crippen LogP contribution in [0.5, 0.6) is 11.5 Å². The molecule has 0 saturated heterocycles. The van der Waals surface area contributed by atoms with Crippen molar-refractivity contribution >= 4 is 10.8 Å². The van der Waals surface area contributed by atoms with E-state index in [1.54, 1.807) is 6.26 Å². The zero-order chi connectivity index (χ0) is 12.8. The summed E-state index contributed by atoms with van der Waals surface area (Å²) < 4.78 is 22.3. The third-order valence-corrected chi connectivity index (χ3v) is 3.51. The highest BCUT2D eigenvalue weighted by Crippen LogP contribution is 2.32. The average Bonchev–Trinajstić information content (AvgIpc) is 2.60. The van der Waals surface area contributed by atoms with Crippen molar-refractivity contribution in [3.8, 4) is 11.5 Å². The third-order valence-electron chi connectivity index (χ3n) is 2.73. The summed E-state index contributed by atoms with van der Waals surface area (Å²) in [6.45, 7) is 2.86. The predicted octanol–water partition coefficient (Wildman–Crippen LogP) is 1.32. The van der Waals surface area contributed by atoms with Gasteiger partial charge in [-0.25, -0.2) is 0 Å². The van der Waals surface area contributed by atoms with Gasteiger partial charge in [0.1, 0.15) is 0 Å². The molecule has 0 amide bonds.